The standard InChI is InChI=1S/C9H7N3.2Li/c10-9-6-8(11-12-9)7-4-2-1-3-5-7;;/h1-6H,(H-2,10,11,12);;/q-2;2*+1. The molecule has 0 atom stereocenters. The van der Waals surface area contributed by atoms with E-state index < -0.39 is 0 Å². The molecule has 0 amide bonds. The second-order valence-electron chi connectivity index (χ2n) is 2.48. The minimum absolute atomic E-state index is 0. The van der Waals surface area contributed by atoms with Gasteiger partial charge in [-0.05, 0) is 5.56 Å². The van der Waals surface area contributed by atoms with Crippen LogP contribution in [-0.4, -0.2) is 5.10 Å². The van der Waals surface area contributed by atoms with Gasteiger partial charge >= 0.3 is 37.7 Å². The van der Waals surface area contributed by atoms with Gasteiger partial charge in [0.05, 0.1) is 0 Å². The van der Waals surface area contributed by atoms with Crippen LogP contribution in [0.25, 0.3) is 17.0 Å². The van der Waals surface area contributed by atoms with Crippen LogP contribution in [0.1, 0.15) is 0 Å². The number of rotatable bonds is 1. The van der Waals surface area contributed by atoms with Gasteiger partial charge in [0.1, 0.15) is 0 Å². The van der Waals surface area contributed by atoms with Gasteiger partial charge in [-0.2, -0.15) is 0 Å². The maximum Gasteiger partial charge on any atom is 1.00 e. The maximum atomic E-state index is 7.19. The van der Waals surface area contributed by atoms with Crippen molar-refractivity contribution in [2.45, 2.75) is 0 Å². The molecule has 0 saturated heterocycles. The van der Waals surface area contributed by atoms with Crippen LogP contribution in [0.5, 0.6) is 0 Å². The third kappa shape index (κ3) is 2.98. The van der Waals surface area contributed by atoms with Crippen LogP contribution in [0.2, 0.25) is 0 Å². The molecular weight excluding hydrogens is 164 g/mol. The fraction of sp³-hybridized carbons (Fsp3) is 0. The smallest absolute Gasteiger partial charge is 0.717 e. The van der Waals surface area contributed by atoms with Crippen LogP contribution >= 0.6 is 0 Å². The largest absolute Gasteiger partial charge is 1.00 e. The van der Waals surface area contributed by atoms with E-state index in [-0.39, 0.29) is 43.5 Å². The number of aromatic nitrogens is 2. The Morgan fingerprint density at radius 1 is 1.07 bits per heavy atom. The van der Waals surface area contributed by atoms with Crippen molar-refractivity contribution in [1.82, 2.24) is 10.2 Å². The zero-order valence-corrected chi connectivity index (χ0v) is 8.36. The minimum Gasteiger partial charge on any atom is -0.717 e. The molecule has 0 aliphatic rings. The monoisotopic (exact) mass is 171 g/mol. The number of benzene rings is 1. The fourth-order valence-electron chi connectivity index (χ4n) is 1.04. The topological polar surface area (TPSA) is 50.8 Å². The molecule has 2 rings (SSSR count). The van der Waals surface area contributed by atoms with E-state index in [4.69, 9.17) is 5.73 Å². The number of hydrogen-bond acceptors (Lipinski definition) is 1. The number of nitrogens with one attached hydrogen (secondary N) is 1. The zero-order chi connectivity index (χ0) is 8.39. The first-order valence-corrected chi connectivity index (χ1v) is 3.64. The zero-order valence-electron chi connectivity index (χ0n) is 8.36. The van der Waals surface area contributed by atoms with Crippen molar-refractivity contribution in [2.75, 3.05) is 0 Å². The average molecular weight is 171 g/mol. The first-order valence-electron chi connectivity index (χ1n) is 3.64. The summed E-state index contributed by atoms with van der Waals surface area (Å²) in [6.45, 7) is 0. The van der Waals surface area contributed by atoms with Gasteiger partial charge in [-0.3, -0.25) is 0 Å². The van der Waals surface area contributed by atoms with E-state index in [0.717, 1.165) is 11.3 Å². The second-order valence-corrected chi connectivity index (χ2v) is 2.48. The summed E-state index contributed by atoms with van der Waals surface area (Å²) < 4.78 is 0. The SMILES string of the molecule is [Li+].[Li+].[NH-]c1cc(-c2ccccc2)n[n-]1. The summed E-state index contributed by atoms with van der Waals surface area (Å²) in [6.07, 6.45) is 0. The van der Waals surface area contributed by atoms with E-state index >= 15 is 0 Å². The molecular formula is C9H7Li2N3. The van der Waals surface area contributed by atoms with Gasteiger partial charge < -0.3 is 15.9 Å². The van der Waals surface area contributed by atoms with Gasteiger partial charge in [-0.25, -0.2) is 5.82 Å². The first-order chi connectivity index (χ1) is 5.86. The van der Waals surface area contributed by atoms with Crippen molar-refractivity contribution in [3.8, 4) is 11.3 Å². The molecule has 0 spiro atoms. The minimum atomic E-state index is 0. The summed E-state index contributed by atoms with van der Waals surface area (Å²) in [5.41, 5.74) is 8.96. The van der Waals surface area contributed by atoms with Gasteiger partial charge in [-0.15, -0.1) is 0 Å². The second kappa shape index (κ2) is 6.01. The molecule has 0 radical (unpaired) electrons. The molecule has 1 N–H and O–H groups in total. The van der Waals surface area contributed by atoms with Crippen molar-refractivity contribution in [2.24, 2.45) is 0 Å². The Balaban J connectivity index is 0.000000845. The van der Waals surface area contributed by atoms with Crippen molar-refractivity contribution in [3.63, 3.8) is 0 Å². The Labute approximate surface area is 107 Å². The van der Waals surface area contributed by atoms with Gasteiger partial charge in [-0.1, -0.05) is 36.4 Å². The Morgan fingerprint density at radius 2 is 1.71 bits per heavy atom. The summed E-state index contributed by atoms with van der Waals surface area (Å²) >= 11 is 0. The third-order valence-corrected chi connectivity index (χ3v) is 1.61. The molecule has 0 aliphatic heterocycles. The summed E-state index contributed by atoms with van der Waals surface area (Å²) in [7, 11) is 0. The van der Waals surface area contributed by atoms with E-state index in [9.17, 15) is 0 Å². The van der Waals surface area contributed by atoms with Gasteiger partial charge in [0, 0.05) is 5.69 Å². The molecule has 0 fully saturated rings. The van der Waals surface area contributed by atoms with Crippen LogP contribution in [0.3, 0.4) is 0 Å². The quantitative estimate of drug-likeness (QED) is 0.416. The normalized spacial score (nSPS) is 8.57. The van der Waals surface area contributed by atoms with Crippen molar-refractivity contribution >= 4 is 5.82 Å². The van der Waals surface area contributed by atoms with Gasteiger partial charge in [0.25, 0.3) is 0 Å². The predicted molar refractivity (Wildman–Crippen MR) is 47.0 cm³/mol. The molecule has 60 valence electrons. The molecule has 1 aromatic heterocycles. The summed E-state index contributed by atoms with van der Waals surface area (Å²) in [5.74, 6) is 0.217. The first kappa shape index (κ1) is 13.4. The number of nitrogens with zero attached hydrogens (tertiary/aromatic N) is 2. The van der Waals surface area contributed by atoms with Crippen molar-refractivity contribution in [3.05, 3.63) is 42.1 Å². The Bertz CT molecular complexity index is 373. The average Bonchev–Trinajstić information content (AvgIpc) is 2.54. The van der Waals surface area contributed by atoms with Crippen LogP contribution < -0.4 is 42.8 Å². The van der Waals surface area contributed by atoms with Crippen LogP contribution in [0, 0.1) is 0 Å². The van der Waals surface area contributed by atoms with E-state index in [0.29, 0.717) is 0 Å². The van der Waals surface area contributed by atoms with Crippen LogP contribution in [-0.2, 0) is 0 Å². The molecule has 0 saturated carbocycles. The third-order valence-electron chi connectivity index (χ3n) is 1.61. The summed E-state index contributed by atoms with van der Waals surface area (Å²) in [4.78, 5) is 0. The molecule has 5 heteroatoms. The van der Waals surface area contributed by atoms with Crippen LogP contribution in [0.15, 0.2) is 36.4 Å². The molecule has 0 bridgehead atoms. The number of hydrogen-bond donors (Lipinski definition) is 0. The molecule has 0 unspecified atom stereocenters. The van der Waals surface area contributed by atoms with Gasteiger partial charge in [0.15, 0.2) is 0 Å². The van der Waals surface area contributed by atoms with Gasteiger partial charge in [0.2, 0.25) is 0 Å². The Morgan fingerprint density at radius 3 is 2.21 bits per heavy atom. The Kier molecular flexibility index (Phi) is 5.76. The Hall–Kier alpha value is -0.575. The molecule has 3 nitrogen and oxygen atoms in total. The van der Waals surface area contributed by atoms with E-state index in [2.05, 4.69) is 10.2 Å². The maximum absolute atomic E-state index is 7.19. The van der Waals surface area contributed by atoms with Crippen LogP contribution in [0.4, 0.5) is 5.82 Å². The van der Waals surface area contributed by atoms with E-state index in [1.54, 1.807) is 6.07 Å². The van der Waals surface area contributed by atoms with Crippen molar-refractivity contribution < 1.29 is 37.7 Å². The molecule has 1 heterocycles. The van der Waals surface area contributed by atoms with Crippen molar-refractivity contribution in [1.29, 1.82) is 0 Å². The molecule has 14 heavy (non-hydrogen) atoms. The van der Waals surface area contributed by atoms with E-state index in [1.807, 2.05) is 30.3 Å². The summed E-state index contributed by atoms with van der Waals surface area (Å²) in [5, 5.41) is 7.46. The molecule has 0 aliphatic carbocycles. The predicted octanol–water partition coefficient (Wildman–Crippen LogP) is -3.60. The fourth-order valence-corrected chi connectivity index (χ4v) is 1.04. The van der Waals surface area contributed by atoms with E-state index in [1.165, 1.54) is 0 Å². The molecule has 1 aromatic carbocycles. The summed E-state index contributed by atoms with van der Waals surface area (Å²) in [6, 6.07) is 11.4. The molecule has 2 aromatic rings.